The lowest BCUT2D eigenvalue weighted by molar-refractivity contribution is -0.0156. The Hall–Kier alpha value is -0.210. The normalized spacial score (nSPS) is 23.4. The molecule has 6 nitrogen and oxygen atoms in total. The Balaban J connectivity index is 2.32. The first-order valence-corrected chi connectivity index (χ1v) is 8.49. The number of hydrogen-bond donors (Lipinski definition) is 2. The summed E-state index contributed by atoms with van der Waals surface area (Å²) in [6.45, 7) is 7.79. The van der Waals surface area contributed by atoms with Crippen molar-refractivity contribution in [3.8, 4) is 0 Å². The lowest BCUT2D eigenvalue weighted by Crippen LogP contribution is -2.48. The molecule has 7 heteroatoms. The Labute approximate surface area is 116 Å². The molecule has 1 rings (SSSR count). The van der Waals surface area contributed by atoms with E-state index in [1.54, 1.807) is 6.92 Å². The van der Waals surface area contributed by atoms with E-state index in [0.29, 0.717) is 19.7 Å². The van der Waals surface area contributed by atoms with Crippen LogP contribution >= 0.6 is 0 Å². The molecule has 1 aliphatic heterocycles. The van der Waals surface area contributed by atoms with Crippen LogP contribution in [-0.2, 0) is 14.8 Å². The lowest BCUT2D eigenvalue weighted by atomic mass is 10.3. The molecule has 2 N–H and O–H groups in total. The molecule has 2 atom stereocenters. The van der Waals surface area contributed by atoms with Crippen molar-refractivity contribution in [1.29, 1.82) is 0 Å². The second kappa shape index (κ2) is 8.16. The van der Waals surface area contributed by atoms with E-state index in [-0.39, 0.29) is 6.10 Å². The van der Waals surface area contributed by atoms with Gasteiger partial charge < -0.3 is 15.0 Å². The van der Waals surface area contributed by atoms with Crippen molar-refractivity contribution >= 4 is 10.0 Å². The molecule has 0 saturated carbocycles. The van der Waals surface area contributed by atoms with Crippen LogP contribution in [0.4, 0.5) is 0 Å². The summed E-state index contributed by atoms with van der Waals surface area (Å²) in [4.78, 5) is 2.15. The van der Waals surface area contributed by atoms with Gasteiger partial charge in [-0.15, -0.1) is 0 Å². The molecule has 0 aliphatic carbocycles. The predicted molar refractivity (Wildman–Crippen MR) is 76.8 cm³/mol. The Kier molecular flexibility index (Phi) is 7.23. The minimum atomic E-state index is -3.27. The van der Waals surface area contributed by atoms with Gasteiger partial charge in [0, 0.05) is 26.2 Å². The highest BCUT2D eigenvalue weighted by Crippen LogP contribution is 2.04. The maximum Gasteiger partial charge on any atom is 0.215 e. The fraction of sp³-hybridized carbons (Fsp3) is 1.00. The third-order valence-corrected chi connectivity index (χ3v) is 5.04. The van der Waals surface area contributed by atoms with Crippen LogP contribution in [0.3, 0.4) is 0 Å². The molecule has 0 amide bonds. The van der Waals surface area contributed by atoms with E-state index in [9.17, 15) is 8.42 Å². The summed E-state index contributed by atoms with van der Waals surface area (Å²) < 4.78 is 32.3. The summed E-state index contributed by atoms with van der Waals surface area (Å²) in [5.74, 6) is 0. The number of nitrogens with one attached hydrogen (secondary N) is 2. The van der Waals surface area contributed by atoms with E-state index in [2.05, 4.69) is 21.9 Å². The molecule has 0 aromatic rings. The quantitative estimate of drug-likeness (QED) is 0.597. The molecule has 1 fully saturated rings. The molecule has 2 unspecified atom stereocenters. The van der Waals surface area contributed by atoms with Gasteiger partial charge in [-0.3, -0.25) is 0 Å². The van der Waals surface area contributed by atoms with Gasteiger partial charge in [-0.25, -0.2) is 13.1 Å². The zero-order valence-electron chi connectivity index (χ0n) is 12.2. The standard InChI is InChI=1S/C12H27N3O3S/c1-4-5-13-8-11(2)19(16,17)14-9-12-10-15(3)6-7-18-12/h11-14H,4-10H2,1-3H3. The molecule has 114 valence electrons. The Morgan fingerprint density at radius 1 is 1.47 bits per heavy atom. The average molecular weight is 293 g/mol. The summed E-state index contributed by atoms with van der Waals surface area (Å²) >= 11 is 0. The lowest BCUT2D eigenvalue weighted by Gasteiger charge is -2.30. The number of morpholine rings is 1. The van der Waals surface area contributed by atoms with E-state index < -0.39 is 15.3 Å². The topological polar surface area (TPSA) is 70.7 Å². The van der Waals surface area contributed by atoms with Gasteiger partial charge in [0.2, 0.25) is 10.0 Å². The largest absolute Gasteiger partial charge is 0.374 e. The Bertz CT molecular complexity index is 348. The highest BCUT2D eigenvalue weighted by molar-refractivity contribution is 7.90. The summed E-state index contributed by atoms with van der Waals surface area (Å²) in [6.07, 6.45) is 0.951. The number of nitrogens with zero attached hydrogens (tertiary/aromatic N) is 1. The maximum atomic E-state index is 12.0. The van der Waals surface area contributed by atoms with Crippen molar-refractivity contribution in [2.24, 2.45) is 0 Å². The van der Waals surface area contributed by atoms with Gasteiger partial charge in [-0.2, -0.15) is 0 Å². The van der Waals surface area contributed by atoms with Gasteiger partial charge in [0.05, 0.1) is 18.0 Å². The van der Waals surface area contributed by atoms with Gasteiger partial charge in [0.1, 0.15) is 0 Å². The van der Waals surface area contributed by atoms with Crippen LogP contribution in [0.2, 0.25) is 0 Å². The molecule has 1 saturated heterocycles. The van der Waals surface area contributed by atoms with Crippen molar-refractivity contribution in [2.75, 3.05) is 46.4 Å². The van der Waals surface area contributed by atoms with Gasteiger partial charge in [0.15, 0.2) is 0 Å². The third-order valence-electron chi connectivity index (χ3n) is 3.24. The van der Waals surface area contributed by atoms with Gasteiger partial charge in [-0.05, 0) is 26.9 Å². The van der Waals surface area contributed by atoms with Crippen molar-refractivity contribution in [2.45, 2.75) is 31.6 Å². The number of sulfonamides is 1. The van der Waals surface area contributed by atoms with Gasteiger partial charge in [0.25, 0.3) is 0 Å². The molecule has 0 radical (unpaired) electrons. The van der Waals surface area contributed by atoms with E-state index in [1.165, 1.54) is 0 Å². The molecular weight excluding hydrogens is 266 g/mol. The minimum absolute atomic E-state index is 0.0516. The van der Waals surface area contributed by atoms with E-state index in [4.69, 9.17) is 4.74 Å². The Morgan fingerprint density at radius 3 is 2.84 bits per heavy atom. The molecule has 19 heavy (non-hydrogen) atoms. The Morgan fingerprint density at radius 2 is 2.21 bits per heavy atom. The van der Waals surface area contributed by atoms with Crippen LogP contribution < -0.4 is 10.0 Å². The van der Waals surface area contributed by atoms with Crippen LogP contribution in [0.5, 0.6) is 0 Å². The number of hydrogen-bond acceptors (Lipinski definition) is 5. The molecule has 0 spiro atoms. The van der Waals surface area contributed by atoms with Crippen LogP contribution in [0.15, 0.2) is 0 Å². The highest BCUT2D eigenvalue weighted by Gasteiger charge is 2.23. The maximum absolute atomic E-state index is 12.0. The third kappa shape index (κ3) is 6.18. The molecule has 0 aromatic heterocycles. The summed E-state index contributed by atoms with van der Waals surface area (Å²) in [7, 11) is -1.25. The van der Waals surface area contributed by atoms with Crippen molar-refractivity contribution in [1.82, 2.24) is 14.9 Å². The van der Waals surface area contributed by atoms with Crippen LogP contribution in [0, 0.1) is 0 Å². The number of likely N-dealkylation sites (N-methyl/N-ethyl adjacent to an activating group) is 1. The van der Waals surface area contributed by atoms with Crippen LogP contribution in [0.25, 0.3) is 0 Å². The first kappa shape index (κ1) is 16.8. The fourth-order valence-corrected chi connectivity index (χ4v) is 2.97. The van der Waals surface area contributed by atoms with E-state index in [0.717, 1.165) is 26.1 Å². The van der Waals surface area contributed by atoms with E-state index >= 15 is 0 Å². The molecule has 0 aromatic carbocycles. The number of ether oxygens (including phenoxy) is 1. The van der Waals surface area contributed by atoms with Gasteiger partial charge in [-0.1, -0.05) is 6.92 Å². The van der Waals surface area contributed by atoms with Crippen molar-refractivity contribution in [3.63, 3.8) is 0 Å². The first-order valence-electron chi connectivity index (χ1n) is 6.95. The van der Waals surface area contributed by atoms with E-state index in [1.807, 2.05) is 7.05 Å². The summed E-state index contributed by atoms with van der Waals surface area (Å²) in [5.41, 5.74) is 0. The monoisotopic (exact) mass is 293 g/mol. The summed E-state index contributed by atoms with van der Waals surface area (Å²) in [5, 5.41) is 2.70. The highest BCUT2D eigenvalue weighted by atomic mass is 32.2. The van der Waals surface area contributed by atoms with Crippen LogP contribution in [-0.4, -0.2) is 71.0 Å². The zero-order valence-corrected chi connectivity index (χ0v) is 13.0. The second-order valence-corrected chi connectivity index (χ2v) is 7.35. The van der Waals surface area contributed by atoms with Crippen molar-refractivity contribution < 1.29 is 13.2 Å². The average Bonchev–Trinajstić information content (AvgIpc) is 2.37. The fourth-order valence-electron chi connectivity index (χ4n) is 1.93. The molecule has 1 aliphatic rings. The van der Waals surface area contributed by atoms with Crippen molar-refractivity contribution in [3.05, 3.63) is 0 Å². The molecular formula is C12H27N3O3S. The molecule has 1 heterocycles. The minimum Gasteiger partial charge on any atom is -0.374 e. The second-order valence-electron chi connectivity index (χ2n) is 5.16. The summed E-state index contributed by atoms with van der Waals surface area (Å²) in [6, 6.07) is 0. The molecule has 0 bridgehead atoms. The van der Waals surface area contributed by atoms with Gasteiger partial charge >= 0.3 is 0 Å². The smallest absolute Gasteiger partial charge is 0.215 e. The van der Waals surface area contributed by atoms with Crippen LogP contribution in [0.1, 0.15) is 20.3 Å². The first-order chi connectivity index (χ1) is 8.95. The SMILES string of the molecule is CCCNCC(C)S(=O)(=O)NCC1CN(C)CCO1. The zero-order chi connectivity index (χ0) is 14.3. The number of rotatable bonds is 8. The predicted octanol–water partition coefficient (Wildman–Crippen LogP) is -0.375.